The van der Waals surface area contributed by atoms with Gasteiger partial charge in [0.25, 0.3) is 5.91 Å². The number of carboxylic acid groups (broad SMARTS) is 1. The molecular weight excluding hydrogens is 312 g/mol. The van der Waals surface area contributed by atoms with Crippen molar-refractivity contribution in [1.29, 1.82) is 0 Å². The van der Waals surface area contributed by atoms with Crippen LogP contribution in [-0.4, -0.2) is 22.9 Å². The molecule has 0 saturated heterocycles. The lowest BCUT2D eigenvalue weighted by Crippen LogP contribution is -2.11. The van der Waals surface area contributed by atoms with Crippen LogP contribution in [0.5, 0.6) is 0 Å². The van der Waals surface area contributed by atoms with Crippen molar-refractivity contribution in [3.63, 3.8) is 0 Å². The van der Waals surface area contributed by atoms with Gasteiger partial charge in [-0.3, -0.25) is 9.59 Å². The minimum Gasteiger partial charge on any atom is -0.478 e. The first-order chi connectivity index (χ1) is 9.86. The Bertz CT molecular complexity index is 718. The van der Waals surface area contributed by atoms with Gasteiger partial charge in [0, 0.05) is 11.8 Å². The summed E-state index contributed by atoms with van der Waals surface area (Å²) < 4.78 is 0. The van der Waals surface area contributed by atoms with Crippen molar-refractivity contribution in [2.24, 2.45) is 0 Å². The lowest BCUT2D eigenvalue weighted by Gasteiger charge is -2.02. The number of thiophene rings is 2. The largest absolute Gasteiger partial charge is 0.478 e. The molecule has 2 amide bonds. The maximum atomic E-state index is 12.1. The van der Waals surface area contributed by atoms with Crippen LogP contribution < -0.4 is 10.6 Å². The molecule has 0 saturated carbocycles. The third-order valence-corrected chi connectivity index (χ3v) is 4.41. The predicted octanol–water partition coefficient (Wildman–Crippen LogP) is 3.03. The number of nitrogens with one attached hydrogen (secondary N) is 2. The molecule has 8 heteroatoms. The molecule has 0 bridgehead atoms. The molecule has 3 N–H and O–H groups in total. The highest BCUT2D eigenvalue weighted by Crippen LogP contribution is 2.29. The molecule has 2 rings (SSSR count). The molecule has 0 aliphatic carbocycles. The smallest absolute Gasteiger partial charge is 0.338 e. The van der Waals surface area contributed by atoms with Crippen molar-refractivity contribution in [1.82, 2.24) is 0 Å². The summed E-state index contributed by atoms with van der Waals surface area (Å²) >= 11 is 2.33. The second-order valence-electron chi connectivity index (χ2n) is 4.20. The zero-order chi connectivity index (χ0) is 15.6. The lowest BCUT2D eigenvalue weighted by molar-refractivity contribution is -0.114. The highest BCUT2D eigenvalue weighted by Gasteiger charge is 2.17. The van der Waals surface area contributed by atoms with Crippen LogP contribution in [0.3, 0.4) is 0 Å². The molecule has 110 valence electrons. The van der Waals surface area contributed by atoms with E-state index in [4.69, 9.17) is 5.11 Å². The molecule has 0 fully saturated rings. The molecule has 2 heterocycles. The lowest BCUT2D eigenvalue weighted by atomic mass is 10.3. The normalized spacial score (nSPS) is 10.2. The van der Waals surface area contributed by atoms with E-state index in [2.05, 4.69) is 10.6 Å². The second-order valence-corrected chi connectivity index (χ2v) is 6.54. The fourth-order valence-corrected chi connectivity index (χ4v) is 3.38. The van der Waals surface area contributed by atoms with Gasteiger partial charge in [0.1, 0.15) is 5.00 Å². The molecule has 0 atom stereocenters. The summed E-state index contributed by atoms with van der Waals surface area (Å²) in [7, 11) is 0. The van der Waals surface area contributed by atoms with E-state index < -0.39 is 11.9 Å². The molecule has 2 aromatic rings. The molecular formula is C13H12N2O4S2. The van der Waals surface area contributed by atoms with Gasteiger partial charge in [-0.25, -0.2) is 4.79 Å². The van der Waals surface area contributed by atoms with E-state index in [0.717, 1.165) is 16.2 Å². The van der Waals surface area contributed by atoms with Crippen molar-refractivity contribution in [2.45, 2.75) is 13.8 Å². The van der Waals surface area contributed by atoms with Gasteiger partial charge >= 0.3 is 5.97 Å². The Labute approximate surface area is 128 Å². The first-order valence-corrected chi connectivity index (χ1v) is 7.52. The van der Waals surface area contributed by atoms with E-state index in [9.17, 15) is 14.4 Å². The van der Waals surface area contributed by atoms with Gasteiger partial charge in [0.05, 0.1) is 15.4 Å². The van der Waals surface area contributed by atoms with Crippen molar-refractivity contribution >= 4 is 50.5 Å². The summed E-state index contributed by atoms with van der Waals surface area (Å²) in [6.07, 6.45) is 0. The van der Waals surface area contributed by atoms with Gasteiger partial charge in [-0.1, -0.05) is 0 Å². The number of hydrogen-bond donors (Lipinski definition) is 3. The number of carboxylic acids is 1. The van der Waals surface area contributed by atoms with E-state index in [-0.39, 0.29) is 11.5 Å². The third-order valence-electron chi connectivity index (χ3n) is 2.44. The first kappa shape index (κ1) is 15.2. The first-order valence-electron chi connectivity index (χ1n) is 5.89. The van der Waals surface area contributed by atoms with Gasteiger partial charge in [0.15, 0.2) is 0 Å². The summed E-state index contributed by atoms with van der Waals surface area (Å²) in [5, 5.41) is 15.1. The van der Waals surface area contributed by atoms with Crippen LogP contribution in [-0.2, 0) is 4.79 Å². The van der Waals surface area contributed by atoms with Crippen molar-refractivity contribution < 1.29 is 19.5 Å². The van der Waals surface area contributed by atoms with Gasteiger partial charge in [0.2, 0.25) is 5.91 Å². The van der Waals surface area contributed by atoms with E-state index in [0.29, 0.717) is 14.9 Å². The average Bonchev–Trinajstić information content (AvgIpc) is 2.95. The molecule has 0 aliphatic heterocycles. The number of anilines is 2. The van der Waals surface area contributed by atoms with Crippen LogP contribution in [0.2, 0.25) is 0 Å². The van der Waals surface area contributed by atoms with Gasteiger partial charge in [-0.2, -0.15) is 0 Å². The average molecular weight is 324 g/mol. The zero-order valence-corrected chi connectivity index (χ0v) is 12.9. The number of aryl methyl sites for hydroxylation is 1. The number of carbonyl (C=O) groups excluding carboxylic acids is 2. The molecule has 21 heavy (non-hydrogen) atoms. The SMILES string of the molecule is CC(=O)Nc1ccc(C(=O)Nc2sc(C)cc2C(=O)O)s1. The summed E-state index contributed by atoms with van der Waals surface area (Å²) in [5.41, 5.74) is 0.0736. The van der Waals surface area contributed by atoms with Crippen LogP contribution in [0.1, 0.15) is 31.8 Å². The Hall–Kier alpha value is -2.19. The minimum absolute atomic E-state index is 0.0736. The minimum atomic E-state index is -1.08. The van der Waals surface area contributed by atoms with E-state index in [1.165, 1.54) is 24.3 Å². The highest BCUT2D eigenvalue weighted by molar-refractivity contribution is 7.18. The monoisotopic (exact) mass is 324 g/mol. The Morgan fingerprint density at radius 2 is 1.86 bits per heavy atom. The molecule has 0 spiro atoms. The van der Waals surface area contributed by atoms with Crippen LogP contribution >= 0.6 is 22.7 Å². The van der Waals surface area contributed by atoms with Crippen LogP contribution in [0.4, 0.5) is 10.0 Å². The molecule has 0 aliphatic rings. The Morgan fingerprint density at radius 3 is 2.48 bits per heavy atom. The summed E-state index contributed by atoms with van der Waals surface area (Å²) in [5.74, 6) is -1.70. The Balaban J connectivity index is 2.16. The zero-order valence-electron chi connectivity index (χ0n) is 11.2. The van der Waals surface area contributed by atoms with Crippen LogP contribution in [0, 0.1) is 6.92 Å². The van der Waals surface area contributed by atoms with Crippen molar-refractivity contribution in [3.05, 3.63) is 33.5 Å². The van der Waals surface area contributed by atoms with E-state index in [1.54, 1.807) is 19.1 Å². The number of amides is 2. The van der Waals surface area contributed by atoms with Gasteiger partial charge < -0.3 is 15.7 Å². The molecule has 0 radical (unpaired) electrons. The van der Waals surface area contributed by atoms with Gasteiger partial charge in [-0.15, -0.1) is 22.7 Å². The van der Waals surface area contributed by atoms with Gasteiger partial charge in [-0.05, 0) is 25.1 Å². The molecule has 6 nitrogen and oxygen atoms in total. The Kier molecular flexibility index (Phi) is 4.39. The van der Waals surface area contributed by atoms with E-state index >= 15 is 0 Å². The maximum Gasteiger partial charge on any atom is 0.338 e. The standard InChI is InChI=1S/C13H12N2O4S2/c1-6-5-8(13(18)19)12(20-6)15-11(17)9-3-4-10(21-9)14-7(2)16/h3-5H,1-2H3,(H,14,16)(H,15,17)(H,18,19). The van der Waals surface area contributed by atoms with Crippen molar-refractivity contribution in [3.8, 4) is 0 Å². The molecule has 0 aromatic carbocycles. The maximum absolute atomic E-state index is 12.1. The molecule has 2 aromatic heterocycles. The van der Waals surface area contributed by atoms with E-state index in [1.807, 2.05) is 0 Å². The third kappa shape index (κ3) is 3.67. The van der Waals surface area contributed by atoms with Crippen molar-refractivity contribution in [2.75, 3.05) is 10.6 Å². The number of aromatic carboxylic acids is 1. The number of carbonyl (C=O) groups is 3. The van der Waals surface area contributed by atoms with Crippen LogP contribution in [0.25, 0.3) is 0 Å². The highest BCUT2D eigenvalue weighted by atomic mass is 32.1. The summed E-state index contributed by atoms with van der Waals surface area (Å²) in [6.45, 7) is 3.15. The van der Waals surface area contributed by atoms with Crippen LogP contribution in [0.15, 0.2) is 18.2 Å². The quantitative estimate of drug-likeness (QED) is 0.805. The summed E-state index contributed by atoms with van der Waals surface area (Å²) in [6, 6.07) is 4.71. The fourth-order valence-electron chi connectivity index (χ4n) is 1.63. The fraction of sp³-hybridized carbons (Fsp3) is 0.154. The predicted molar refractivity (Wildman–Crippen MR) is 82.6 cm³/mol. The Morgan fingerprint density at radius 1 is 1.14 bits per heavy atom. The summed E-state index contributed by atoms with van der Waals surface area (Å²) in [4.78, 5) is 35.3. The second kappa shape index (κ2) is 6.06. The number of hydrogen-bond acceptors (Lipinski definition) is 5. The molecule has 0 unspecified atom stereocenters. The number of rotatable bonds is 4. The topological polar surface area (TPSA) is 95.5 Å².